The van der Waals surface area contributed by atoms with Crippen LogP contribution in [0.5, 0.6) is 0 Å². The Morgan fingerprint density at radius 2 is 1.96 bits per heavy atom. The average molecular weight is 333 g/mol. The number of carbonyl (C=O) groups is 2. The molecule has 1 saturated heterocycles. The van der Waals surface area contributed by atoms with Gasteiger partial charge in [-0.25, -0.2) is 0 Å². The zero-order valence-electron chi connectivity index (χ0n) is 15.0. The van der Waals surface area contributed by atoms with Crippen molar-refractivity contribution in [1.82, 2.24) is 9.80 Å². The van der Waals surface area contributed by atoms with E-state index in [0.717, 1.165) is 16.8 Å². The number of carbonyl (C=O) groups excluding carboxylic acids is 2. The molecule has 1 heterocycles. The SMILES string of the molecule is Cc1cccc(NC(=O)CN(C)C(C)C(=O)N2CCOCC2)c1C. The van der Waals surface area contributed by atoms with Crippen molar-refractivity contribution in [3.8, 4) is 0 Å². The lowest BCUT2D eigenvalue weighted by atomic mass is 10.1. The smallest absolute Gasteiger partial charge is 0.239 e. The van der Waals surface area contributed by atoms with Gasteiger partial charge in [0.2, 0.25) is 11.8 Å². The summed E-state index contributed by atoms with van der Waals surface area (Å²) in [5, 5.41) is 2.93. The fraction of sp³-hybridized carbons (Fsp3) is 0.556. The Hall–Kier alpha value is -1.92. The number of nitrogens with one attached hydrogen (secondary N) is 1. The number of morpholine rings is 1. The predicted molar refractivity (Wildman–Crippen MR) is 94.0 cm³/mol. The highest BCUT2D eigenvalue weighted by Gasteiger charge is 2.26. The minimum atomic E-state index is -0.340. The van der Waals surface area contributed by atoms with Gasteiger partial charge >= 0.3 is 0 Å². The maximum atomic E-state index is 12.5. The highest BCUT2D eigenvalue weighted by molar-refractivity contribution is 5.93. The second-order valence-electron chi connectivity index (χ2n) is 6.32. The van der Waals surface area contributed by atoms with Gasteiger partial charge in [-0.15, -0.1) is 0 Å². The molecule has 0 saturated carbocycles. The Kier molecular flexibility index (Phi) is 6.34. The van der Waals surface area contributed by atoms with E-state index in [1.807, 2.05) is 39.0 Å². The molecule has 1 aromatic carbocycles. The van der Waals surface area contributed by atoms with Crippen LogP contribution in [0.1, 0.15) is 18.1 Å². The number of likely N-dealkylation sites (N-methyl/N-ethyl adjacent to an activating group) is 1. The van der Waals surface area contributed by atoms with Gasteiger partial charge in [0.15, 0.2) is 0 Å². The summed E-state index contributed by atoms with van der Waals surface area (Å²) in [5.74, 6) is -0.0758. The first-order valence-electron chi connectivity index (χ1n) is 8.33. The van der Waals surface area contributed by atoms with Crippen LogP contribution in [0.15, 0.2) is 18.2 Å². The van der Waals surface area contributed by atoms with Gasteiger partial charge in [0.25, 0.3) is 0 Å². The minimum absolute atomic E-state index is 0.0420. The summed E-state index contributed by atoms with van der Waals surface area (Å²) in [6.07, 6.45) is 0. The summed E-state index contributed by atoms with van der Waals surface area (Å²) < 4.78 is 5.27. The largest absolute Gasteiger partial charge is 0.378 e. The first-order chi connectivity index (χ1) is 11.4. The lowest BCUT2D eigenvalue weighted by Crippen LogP contribution is -2.50. The van der Waals surface area contributed by atoms with Crippen LogP contribution in [0.2, 0.25) is 0 Å². The Morgan fingerprint density at radius 3 is 2.62 bits per heavy atom. The molecule has 1 fully saturated rings. The number of ether oxygens (including phenoxy) is 1. The molecule has 2 rings (SSSR count). The van der Waals surface area contributed by atoms with Crippen LogP contribution < -0.4 is 5.32 Å². The van der Waals surface area contributed by atoms with E-state index in [1.165, 1.54) is 0 Å². The van der Waals surface area contributed by atoms with Crippen molar-refractivity contribution in [1.29, 1.82) is 0 Å². The third kappa shape index (κ3) is 4.55. The van der Waals surface area contributed by atoms with E-state index in [4.69, 9.17) is 4.74 Å². The average Bonchev–Trinajstić information content (AvgIpc) is 2.58. The molecular formula is C18H27N3O3. The van der Waals surface area contributed by atoms with Crippen LogP contribution in [0.25, 0.3) is 0 Å². The summed E-state index contributed by atoms with van der Waals surface area (Å²) in [6, 6.07) is 5.49. The van der Waals surface area contributed by atoms with Crippen LogP contribution in [-0.4, -0.2) is 67.6 Å². The molecule has 0 spiro atoms. The summed E-state index contributed by atoms with van der Waals surface area (Å²) >= 11 is 0. The monoisotopic (exact) mass is 333 g/mol. The molecule has 6 nitrogen and oxygen atoms in total. The molecule has 0 aromatic heterocycles. The van der Waals surface area contributed by atoms with E-state index in [1.54, 1.807) is 16.8 Å². The highest BCUT2D eigenvalue weighted by Crippen LogP contribution is 2.18. The highest BCUT2D eigenvalue weighted by atomic mass is 16.5. The van der Waals surface area contributed by atoms with Crippen LogP contribution in [0.4, 0.5) is 5.69 Å². The van der Waals surface area contributed by atoms with E-state index >= 15 is 0 Å². The third-order valence-corrected chi connectivity index (χ3v) is 4.61. The zero-order valence-corrected chi connectivity index (χ0v) is 15.0. The van der Waals surface area contributed by atoms with Crippen LogP contribution in [0.3, 0.4) is 0 Å². The number of amides is 2. The molecule has 24 heavy (non-hydrogen) atoms. The van der Waals surface area contributed by atoms with Crippen LogP contribution in [0, 0.1) is 13.8 Å². The van der Waals surface area contributed by atoms with Crippen molar-refractivity contribution in [2.75, 3.05) is 45.2 Å². The van der Waals surface area contributed by atoms with Crippen molar-refractivity contribution in [2.45, 2.75) is 26.8 Å². The van der Waals surface area contributed by atoms with Gasteiger partial charge in [0.05, 0.1) is 25.8 Å². The molecule has 2 amide bonds. The maximum absolute atomic E-state index is 12.5. The Bertz CT molecular complexity index is 597. The van der Waals surface area contributed by atoms with E-state index in [2.05, 4.69) is 5.32 Å². The van der Waals surface area contributed by atoms with E-state index < -0.39 is 0 Å². The molecule has 1 N–H and O–H groups in total. The van der Waals surface area contributed by atoms with Crippen molar-refractivity contribution >= 4 is 17.5 Å². The third-order valence-electron chi connectivity index (χ3n) is 4.61. The molecule has 0 radical (unpaired) electrons. The second-order valence-corrected chi connectivity index (χ2v) is 6.32. The molecule has 0 aliphatic carbocycles. The zero-order chi connectivity index (χ0) is 17.7. The fourth-order valence-electron chi connectivity index (χ4n) is 2.68. The van der Waals surface area contributed by atoms with Gasteiger partial charge in [-0.2, -0.15) is 0 Å². The molecule has 0 bridgehead atoms. The van der Waals surface area contributed by atoms with Gasteiger partial charge in [-0.1, -0.05) is 12.1 Å². The molecule has 1 atom stereocenters. The van der Waals surface area contributed by atoms with E-state index in [-0.39, 0.29) is 24.4 Å². The molecule has 1 aliphatic rings. The van der Waals surface area contributed by atoms with Crippen molar-refractivity contribution < 1.29 is 14.3 Å². The predicted octanol–water partition coefficient (Wildman–Crippen LogP) is 1.42. The van der Waals surface area contributed by atoms with Gasteiger partial charge in [-0.05, 0) is 45.0 Å². The standard InChI is InChI=1S/C18H27N3O3/c1-13-6-5-7-16(14(13)2)19-17(22)12-20(4)15(3)18(23)21-8-10-24-11-9-21/h5-7,15H,8-12H2,1-4H3,(H,19,22). The number of benzene rings is 1. The molecular weight excluding hydrogens is 306 g/mol. The number of anilines is 1. The fourth-order valence-corrected chi connectivity index (χ4v) is 2.68. The summed E-state index contributed by atoms with van der Waals surface area (Å²) in [7, 11) is 1.80. The minimum Gasteiger partial charge on any atom is -0.378 e. The van der Waals surface area contributed by atoms with Crippen molar-refractivity contribution in [3.05, 3.63) is 29.3 Å². The molecule has 1 aliphatic heterocycles. The topological polar surface area (TPSA) is 61.9 Å². The lowest BCUT2D eigenvalue weighted by Gasteiger charge is -2.32. The number of hydrogen-bond donors (Lipinski definition) is 1. The van der Waals surface area contributed by atoms with Crippen molar-refractivity contribution in [2.24, 2.45) is 0 Å². The molecule has 1 aromatic rings. The van der Waals surface area contributed by atoms with Crippen molar-refractivity contribution in [3.63, 3.8) is 0 Å². The Balaban J connectivity index is 1.90. The van der Waals surface area contributed by atoms with E-state index in [0.29, 0.717) is 26.3 Å². The van der Waals surface area contributed by atoms with Gasteiger partial charge in [0, 0.05) is 18.8 Å². The summed E-state index contributed by atoms with van der Waals surface area (Å²) in [6.45, 7) is 8.40. The summed E-state index contributed by atoms with van der Waals surface area (Å²) in [4.78, 5) is 28.3. The molecule has 132 valence electrons. The normalized spacial score (nSPS) is 16.1. The maximum Gasteiger partial charge on any atom is 0.239 e. The number of hydrogen-bond acceptors (Lipinski definition) is 4. The quantitative estimate of drug-likeness (QED) is 0.885. The first-order valence-corrected chi connectivity index (χ1v) is 8.33. The first kappa shape index (κ1) is 18.4. The van der Waals surface area contributed by atoms with Gasteiger partial charge < -0.3 is 15.0 Å². The number of rotatable bonds is 5. The van der Waals surface area contributed by atoms with Gasteiger partial charge in [-0.3, -0.25) is 14.5 Å². The Morgan fingerprint density at radius 1 is 1.29 bits per heavy atom. The number of aryl methyl sites for hydroxylation is 1. The molecule has 1 unspecified atom stereocenters. The lowest BCUT2D eigenvalue weighted by molar-refractivity contribution is -0.140. The van der Waals surface area contributed by atoms with E-state index in [9.17, 15) is 9.59 Å². The van der Waals surface area contributed by atoms with Gasteiger partial charge in [0.1, 0.15) is 0 Å². The van der Waals surface area contributed by atoms with Crippen LogP contribution >= 0.6 is 0 Å². The summed E-state index contributed by atoms with van der Waals surface area (Å²) in [5.41, 5.74) is 3.02. The Labute approximate surface area is 143 Å². The number of nitrogens with zero attached hydrogens (tertiary/aromatic N) is 2. The second kappa shape index (κ2) is 8.26. The van der Waals surface area contributed by atoms with Crippen LogP contribution in [-0.2, 0) is 14.3 Å². The molecule has 6 heteroatoms.